The van der Waals surface area contributed by atoms with Gasteiger partial charge in [-0.15, -0.1) is 12.4 Å². The van der Waals surface area contributed by atoms with Gasteiger partial charge in [-0.3, -0.25) is 4.79 Å². The Morgan fingerprint density at radius 1 is 1.37 bits per heavy atom. The van der Waals surface area contributed by atoms with Crippen molar-refractivity contribution in [1.82, 2.24) is 0 Å². The van der Waals surface area contributed by atoms with Gasteiger partial charge < -0.3 is 15.2 Å². The van der Waals surface area contributed by atoms with Gasteiger partial charge in [0, 0.05) is 6.04 Å². The van der Waals surface area contributed by atoms with E-state index in [-0.39, 0.29) is 18.4 Å². The number of ether oxygens (including phenoxy) is 2. The van der Waals surface area contributed by atoms with E-state index in [1.807, 2.05) is 0 Å². The Bertz CT molecular complexity index is 450. The molecule has 0 saturated carbocycles. The fraction of sp³-hybridized carbons (Fsp3) is 0.462. The predicted molar refractivity (Wildman–Crippen MR) is 78.0 cm³/mol. The molecular formula is C13H19Cl2NO3. The Balaban J connectivity index is 0.00000324. The molecule has 0 aliphatic rings. The quantitative estimate of drug-likeness (QED) is 0.869. The molecule has 1 atom stereocenters. The molecule has 1 rings (SSSR count). The number of carbonyl (C=O) groups excluding carboxylic acids is 1. The van der Waals surface area contributed by atoms with Crippen molar-refractivity contribution in [3.05, 3.63) is 28.8 Å². The first-order chi connectivity index (χ1) is 8.34. The lowest BCUT2D eigenvalue weighted by Gasteiger charge is -2.29. The molecule has 1 aromatic rings. The highest BCUT2D eigenvalue weighted by Crippen LogP contribution is 2.35. The lowest BCUT2D eigenvalue weighted by Crippen LogP contribution is -2.37. The minimum Gasteiger partial charge on any atom is -0.495 e. The van der Waals surface area contributed by atoms with Crippen molar-refractivity contribution in [2.45, 2.75) is 19.9 Å². The van der Waals surface area contributed by atoms with Crippen molar-refractivity contribution in [1.29, 1.82) is 0 Å². The Kier molecular flexibility index (Phi) is 6.63. The zero-order valence-corrected chi connectivity index (χ0v) is 13.0. The van der Waals surface area contributed by atoms with Crippen LogP contribution in [0.4, 0.5) is 0 Å². The Labute approximate surface area is 124 Å². The fourth-order valence-electron chi connectivity index (χ4n) is 1.68. The van der Waals surface area contributed by atoms with Crippen LogP contribution in [-0.2, 0) is 9.53 Å². The summed E-state index contributed by atoms with van der Waals surface area (Å²) >= 11 is 5.95. The topological polar surface area (TPSA) is 61.5 Å². The fourth-order valence-corrected chi connectivity index (χ4v) is 1.87. The van der Waals surface area contributed by atoms with Crippen molar-refractivity contribution >= 4 is 30.0 Å². The Morgan fingerprint density at radius 3 is 2.42 bits per heavy atom. The zero-order valence-electron chi connectivity index (χ0n) is 11.4. The third-order valence-corrected chi connectivity index (χ3v) is 3.34. The van der Waals surface area contributed by atoms with Gasteiger partial charge >= 0.3 is 5.97 Å². The van der Waals surface area contributed by atoms with Crippen LogP contribution in [0.25, 0.3) is 0 Å². The summed E-state index contributed by atoms with van der Waals surface area (Å²) in [7, 11) is 2.88. The second-order valence-electron chi connectivity index (χ2n) is 4.58. The summed E-state index contributed by atoms with van der Waals surface area (Å²) in [4.78, 5) is 11.7. The van der Waals surface area contributed by atoms with E-state index in [2.05, 4.69) is 0 Å². The summed E-state index contributed by atoms with van der Waals surface area (Å²) in [5.41, 5.74) is 6.07. The van der Waals surface area contributed by atoms with Crippen LogP contribution in [0, 0.1) is 5.41 Å². The number of rotatable bonds is 4. The minimum atomic E-state index is -0.826. The minimum absolute atomic E-state index is 0. The highest BCUT2D eigenvalue weighted by molar-refractivity contribution is 6.32. The maximum absolute atomic E-state index is 11.7. The standard InChI is InChI=1S/C13H18ClNO3.ClH/c1-13(2,12(16)18-4)11(15)8-5-6-9(14)10(7-8)17-3;/h5-7,11H,15H2,1-4H3;1H/t11-;/m0./s1. The molecule has 0 heterocycles. The molecule has 108 valence electrons. The van der Waals surface area contributed by atoms with Gasteiger partial charge in [0.05, 0.1) is 24.7 Å². The average Bonchev–Trinajstić information content (AvgIpc) is 2.37. The van der Waals surface area contributed by atoms with Gasteiger partial charge in [0.2, 0.25) is 0 Å². The molecule has 1 aromatic carbocycles. The molecule has 0 amide bonds. The van der Waals surface area contributed by atoms with E-state index in [1.54, 1.807) is 32.0 Å². The van der Waals surface area contributed by atoms with E-state index in [4.69, 9.17) is 26.8 Å². The molecule has 19 heavy (non-hydrogen) atoms. The van der Waals surface area contributed by atoms with Crippen molar-refractivity contribution in [3.8, 4) is 5.75 Å². The zero-order chi connectivity index (χ0) is 13.9. The molecular weight excluding hydrogens is 289 g/mol. The smallest absolute Gasteiger partial charge is 0.313 e. The van der Waals surface area contributed by atoms with Gasteiger partial charge in [-0.2, -0.15) is 0 Å². The lowest BCUT2D eigenvalue weighted by molar-refractivity contribution is -0.152. The molecule has 6 heteroatoms. The highest BCUT2D eigenvalue weighted by atomic mass is 35.5. The maximum Gasteiger partial charge on any atom is 0.313 e. The first kappa shape index (κ1) is 18.0. The first-order valence-corrected chi connectivity index (χ1v) is 5.89. The van der Waals surface area contributed by atoms with Crippen LogP contribution < -0.4 is 10.5 Å². The number of halogens is 2. The van der Waals surface area contributed by atoms with E-state index >= 15 is 0 Å². The third kappa shape index (κ3) is 3.75. The van der Waals surface area contributed by atoms with E-state index < -0.39 is 11.5 Å². The Hall–Kier alpha value is -0.970. The number of hydrogen-bond acceptors (Lipinski definition) is 4. The summed E-state index contributed by atoms with van der Waals surface area (Å²) in [6.07, 6.45) is 0. The van der Waals surface area contributed by atoms with E-state index in [9.17, 15) is 4.79 Å². The lowest BCUT2D eigenvalue weighted by atomic mass is 9.81. The van der Waals surface area contributed by atoms with Gasteiger partial charge in [0.1, 0.15) is 5.75 Å². The molecule has 0 radical (unpaired) electrons. The van der Waals surface area contributed by atoms with Gasteiger partial charge in [-0.05, 0) is 31.5 Å². The molecule has 0 spiro atoms. The number of esters is 1. The summed E-state index contributed by atoms with van der Waals surface area (Å²) in [6.45, 7) is 3.48. The number of carbonyl (C=O) groups is 1. The summed E-state index contributed by atoms with van der Waals surface area (Å²) < 4.78 is 9.89. The molecule has 0 saturated heterocycles. The summed E-state index contributed by atoms with van der Waals surface area (Å²) in [5, 5.41) is 0.504. The molecule has 0 bridgehead atoms. The first-order valence-electron chi connectivity index (χ1n) is 5.52. The molecule has 4 nitrogen and oxygen atoms in total. The normalized spacial score (nSPS) is 12.3. The molecule has 0 aliphatic carbocycles. The predicted octanol–water partition coefficient (Wildman–Crippen LogP) is 2.97. The van der Waals surface area contributed by atoms with Crippen LogP contribution in [0.5, 0.6) is 5.75 Å². The number of benzene rings is 1. The maximum atomic E-state index is 11.7. The Morgan fingerprint density at radius 2 is 1.95 bits per heavy atom. The van der Waals surface area contributed by atoms with E-state index in [0.717, 1.165) is 5.56 Å². The van der Waals surface area contributed by atoms with Crippen molar-refractivity contribution in [2.24, 2.45) is 11.1 Å². The second-order valence-corrected chi connectivity index (χ2v) is 4.99. The SMILES string of the molecule is COC(=O)C(C)(C)[C@@H](N)c1ccc(Cl)c(OC)c1.Cl. The van der Waals surface area contributed by atoms with Gasteiger partial charge in [0.15, 0.2) is 0 Å². The van der Waals surface area contributed by atoms with Crippen LogP contribution in [0.1, 0.15) is 25.5 Å². The van der Waals surface area contributed by atoms with Crippen LogP contribution >= 0.6 is 24.0 Å². The number of hydrogen-bond donors (Lipinski definition) is 1. The average molecular weight is 308 g/mol. The van der Waals surface area contributed by atoms with Crippen LogP contribution in [0.2, 0.25) is 5.02 Å². The summed E-state index contributed by atoms with van der Waals surface area (Å²) in [5.74, 6) is 0.175. The van der Waals surface area contributed by atoms with Crippen molar-refractivity contribution < 1.29 is 14.3 Å². The molecule has 0 fully saturated rings. The van der Waals surface area contributed by atoms with E-state index in [1.165, 1.54) is 14.2 Å². The van der Waals surface area contributed by atoms with Crippen LogP contribution in [0.15, 0.2) is 18.2 Å². The van der Waals surface area contributed by atoms with Crippen LogP contribution in [0.3, 0.4) is 0 Å². The summed E-state index contributed by atoms with van der Waals surface area (Å²) in [6, 6.07) is 4.71. The van der Waals surface area contributed by atoms with Gasteiger partial charge in [-0.1, -0.05) is 17.7 Å². The second kappa shape index (κ2) is 6.98. The molecule has 2 N–H and O–H groups in total. The third-order valence-electron chi connectivity index (χ3n) is 3.02. The number of methoxy groups -OCH3 is 2. The largest absolute Gasteiger partial charge is 0.495 e. The van der Waals surface area contributed by atoms with Gasteiger partial charge in [-0.25, -0.2) is 0 Å². The molecule has 0 unspecified atom stereocenters. The molecule has 0 aromatic heterocycles. The monoisotopic (exact) mass is 307 g/mol. The molecule has 0 aliphatic heterocycles. The van der Waals surface area contributed by atoms with E-state index in [0.29, 0.717) is 10.8 Å². The van der Waals surface area contributed by atoms with Crippen molar-refractivity contribution in [2.75, 3.05) is 14.2 Å². The number of nitrogens with two attached hydrogens (primary N) is 1. The van der Waals surface area contributed by atoms with Crippen LogP contribution in [-0.4, -0.2) is 20.2 Å². The highest BCUT2D eigenvalue weighted by Gasteiger charge is 2.36. The van der Waals surface area contributed by atoms with Crippen molar-refractivity contribution in [3.63, 3.8) is 0 Å². The van der Waals surface area contributed by atoms with Gasteiger partial charge in [0.25, 0.3) is 0 Å².